The van der Waals surface area contributed by atoms with Crippen LogP contribution < -0.4 is 15.4 Å². The molecule has 2 N–H and O–H groups in total. The largest absolute Gasteiger partial charge is 0.495 e. The Labute approximate surface area is 192 Å². The molecule has 12 heteroatoms. The number of hydrogen-bond acceptors (Lipinski definition) is 9. The Balaban J connectivity index is 1.75. The smallest absolute Gasteiger partial charge is 0.410 e. The number of ether oxygens (including phenoxy) is 2. The first kappa shape index (κ1) is 23.9. The van der Waals surface area contributed by atoms with Crippen molar-refractivity contribution in [3.05, 3.63) is 29.4 Å². The summed E-state index contributed by atoms with van der Waals surface area (Å²) in [7, 11) is -2.54. The van der Waals surface area contributed by atoms with Gasteiger partial charge in [-0.15, -0.1) is 0 Å². The summed E-state index contributed by atoms with van der Waals surface area (Å²) >= 11 is 6.06. The SMILES string of the molecule is COc1ccc(S(=O)(=O)c2cnc(N3CCN(C(=O)OC(C)(C)C)CC3)nc2N)cc1Cl. The van der Waals surface area contributed by atoms with E-state index in [0.29, 0.717) is 31.9 Å². The first-order valence-electron chi connectivity index (χ1n) is 9.86. The van der Waals surface area contributed by atoms with Crippen molar-refractivity contribution < 1.29 is 22.7 Å². The van der Waals surface area contributed by atoms with Gasteiger partial charge in [-0.05, 0) is 39.0 Å². The van der Waals surface area contributed by atoms with E-state index in [9.17, 15) is 13.2 Å². The molecule has 174 valence electrons. The second kappa shape index (κ2) is 8.99. The topological polar surface area (TPSA) is 128 Å². The van der Waals surface area contributed by atoms with Crippen LogP contribution in [-0.2, 0) is 14.6 Å². The van der Waals surface area contributed by atoms with E-state index in [1.165, 1.54) is 31.5 Å². The van der Waals surface area contributed by atoms with Crippen LogP contribution in [0, 0.1) is 0 Å². The number of aromatic nitrogens is 2. The molecule has 1 aromatic heterocycles. The average molecular weight is 484 g/mol. The van der Waals surface area contributed by atoms with Crippen LogP contribution in [0.1, 0.15) is 20.8 Å². The number of nitrogens with zero attached hydrogens (tertiary/aromatic N) is 4. The Bertz CT molecular complexity index is 1110. The second-order valence-electron chi connectivity index (χ2n) is 8.17. The molecule has 1 saturated heterocycles. The number of anilines is 2. The number of rotatable bonds is 4. The number of amides is 1. The highest BCUT2D eigenvalue weighted by Gasteiger charge is 2.28. The molecule has 10 nitrogen and oxygen atoms in total. The van der Waals surface area contributed by atoms with Crippen LogP contribution in [0.3, 0.4) is 0 Å². The molecule has 0 bridgehead atoms. The highest BCUT2D eigenvalue weighted by atomic mass is 35.5. The van der Waals surface area contributed by atoms with Crippen molar-refractivity contribution in [2.45, 2.75) is 36.2 Å². The molecule has 1 aliphatic heterocycles. The number of hydrogen-bond donors (Lipinski definition) is 1. The number of halogens is 1. The van der Waals surface area contributed by atoms with Gasteiger partial charge in [-0.2, -0.15) is 4.98 Å². The average Bonchev–Trinajstić information content (AvgIpc) is 2.72. The Morgan fingerprint density at radius 3 is 2.38 bits per heavy atom. The second-order valence-corrected chi connectivity index (χ2v) is 10.5. The molecule has 0 saturated carbocycles. The standard InChI is InChI=1S/C20H26ClN5O5S/c1-20(2,3)31-19(27)26-9-7-25(8-10-26)18-23-12-16(17(22)24-18)32(28,29)13-5-6-15(30-4)14(21)11-13/h5-6,11-12H,7-10H2,1-4H3,(H2,22,23,24). The van der Waals surface area contributed by atoms with Gasteiger partial charge in [-0.3, -0.25) is 0 Å². The maximum Gasteiger partial charge on any atom is 0.410 e. The molecule has 1 aromatic carbocycles. The van der Waals surface area contributed by atoms with Gasteiger partial charge in [0, 0.05) is 26.2 Å². The van der Waals surface area contributed by atoms with Crippen molar-refractivity contribution in [1.29, 1.82) is 0 Å². The van der Waals surface area contributed by atoms with Gasteiger partial charge >= 0.3 is 6.09 Å². The van der Waals surface area contributed by atoms with E-state index in [1.54, 1.807) is 4.90 Å². The highest BCUT2D eigenvalue weighted by Crippen LogP contribution is 2.31. The molecule has 1 amide bonds. The van der Waals surface area contributed by atoms with Crippen molar-refractivity contribution in [3.63, 3.8) is 0 Å². The molecule has 32 heavy (non-hydrogen) atoms. The lowest BCUT2D eigenvalue weighted by atomic mass is 10.2. The van der Waals surface area contributed by atoms with Crippen molar-refractivity contribution in [3.8, 4) is 5.75 Å². The van der Waals surface area contributed by atoms with E-state index in [1.807, 2.05) is 25.7 Å². The first-order valence-corrected chi connectivity index (χ1v) is 11.7. The molecule has 0 atom stereocenters. The van der Waals surface area contributed by atoms with Crippen molar-refractivity contribution in [2.75, 3.05) is 43.9 Å². The van der Waals surface area contributed by atoms with Gasteiger partial charge in [0.2, 0.25) is 15.8 Å². The fraction of sp³-hybridized carbons (Fsp3) is 0.450. The van der Waals surface area contributed by atoms with Crippen molar-refractivity contribution in [1.82, 2.24) is 14.9 Å². The van der Waals surface area contributed by atoms with Gasteiger partial charge in [0.05, 0.1) is 23.2 Å². The molecule has 0 aliphatic carbocycles. The predicted molar refractivity (Wildman–Crippen MR) is 120 cm³/mol. The summed E-state index contributed by atoms with van der Waals surface area (Å²) in [5.74, 6) is 0.477. The maximum absolute atomic E-state index is 13.0. The van der Waals surface area contributed by atoms with E-state index >= 15 is 0 Å². The Morgan fingerprint density at radius 1 is 1.19 bits per heavy atom. The van der Waals surface area contributed by atoms with Crippen LogP contribution in [0.15, 0.2) is 34.2 Å². The van der Waals surface area contributed by atoms with E-state index in [4.69, 9.17) is 26.8 Å². The number of piperazine rings is 1. The number of nitrogens with two attached hydrogens (primary N) is 1. The summed E-state index contributed by atoms with van der Waals surface area (Å²) in [6.07, 6.45) is 0.808. The maximum atomic E-state index is 13.0. The highest BCUT2D eigenvalue weighted by molar-refractivity contribution is 7.91. The monoisotopic (exact) mass is 483 g/mol. The molecule has 2 heterocycles. The zero-order valence-electron chi connectivity index (χ0n) is 18.3. The molecule has 1 fully saturated rings. The van der Waals surface area contributed by atoms with E-state index in [2.05, 4.69) is 9.97 Å². The normalized spacial score (nSPS) is 14.9. The number of methoxy groups -OCH3 is 1. The Hall–Kier alpha value is -2.79. The zero-order valence-corrected chi connectivity index (χ0v) is 19.9. The Morgan fingerprint density at radius 2 is 1.84 bits per heavy atom. The molecule has 0 unspecified atom stereocenters. The van der Waals surface area contributed by atoms with Crippen LogP contribution in [0.5, 0.6) is 5.75 Å². The third-order valence-electron chi connectivity index (χ3n) is 4.71. The van der Waals surface area contributed by atoms with Crippen LogP contribution in [-0.4, -0.2) is 68.3 Å². The Kier molecular flexibility index (Phi) is 6.70. The van der Waals surface area contributed by atoms with Crippen LogP contribution in [0.25, 0.3) is 0 Å². The number of sulfone groups is 1. The number of nitrogen functional groups attached to an aromatic ring is 1. The van der Waals surface area contributed by atoms with Crippen LogP contribution in [0.4, 0.5) is 16.6 Å². The third kappa shape index (κ3) is 5.16. The summed E-state index contributed by atoms with van der Waals surface area (Å²) in [6.45, 7) is 7.19. The van der Waals surface area contributed by atoms with Gasteiger partial charge in [0.25, 0.3) is 0 Å². The van der Waals surface area contributed by atoms with Gasteiger partial charge in [-0.25, -0.2) is 18.2 Å². The van der Waals surface area contributed by atoms with Crippen molar-refractivity contribution in [2.24, 2.45) is 0 Å². The fourth-order valence-corrected chi connectivity index (χ4v) is 4.70. The van der Waals surface area contributed by atoms with E-state index in [-0.39, 0.29) is 32.7 Å². The first-order chi connectivity index (χ1) is 14.9. The van der Waals surface area contributed by atoms with Gasteiger partial charge in [0.15, 0.2) is 0 Å². The molecule has 1 aliphatic rings. The van der Waals surface area contributed by atoms with Gasteiger partial charge in [0.1, 0.15) is 22.1 Å². The van der Waals surface area contributed by atoms with Crippen molar-refractivity contribution >= 4 is 39.3 Å². The molecule has 2 aromatic rings. The lowest BCUT2D eigenvalue weighted by molar-refractivity contribution is 0.0240. The summed E-state index contributed by atoms with van der Waals surface area (Å²) in [5, 5.41) is 0.160. The summed E-state index contributed by atoms with van der Waals surface area (Å²) in [5.41, 5.74) is 5.42. The molecular weight excluding hydrogens is 458 g/mol. The minimum atomic E-state index is -3.98. The minimum absolute atomic E-state index is 0.0441. The molecular formula is C20H26ClN5O5S. The summed E-state index contributed by atoms with van der Waals surface area (Å²) in [4.78, 5) is 23.8. The van der Waals surface area contributed by atoms with Gasteiger partial charge in [-0.1, -0.05) is 11.6 Å². The predicted octanol–water partition coefficient (Wildman–Crippen LogP) is 2.61. The molecule has 0 spiro atoms. The zero-order chi connectivity index (χ0) is 23.7. The quantitative estimate of drug-likeness (QED) is 0.697. The lowest BCUT2D eigenvalue weighted by Crippen LogP contribution is -2.50. The summed E-state index contributed by atoms with van der Waals surface area (Å²) in [6, 6.07) is 4.13. The van der Waals surface area contributed by atoms with E-state index < -0.39 is 15.4 Å². The lowest BCUT2D eigenvalue weighted by Gasteiger charge is -2.35. The van der Waals surface area contributed by atoms with E-state index in [0.717, 1.165) is 0 Å². The number of benzene rings is 1. The third-order valence-corrected chi connectivity index (χ3v) is 6.77. The number of carbonyl (C=O) groups is 1. The van der Waals surface area contributed by atoms with Gasteiger partial charge < -0.3 is 25.0 Å². The molecule has 3 rings (SSSR count). The minimum Gasteiger partial charge on any atom is -0.495 e. The summed E-state index contributed by atoms with van der Waals surface area (Å²) < 4.78 is 36.4. The van der Waals surface area contributed by atoms with Crippen LogP contribution >= 0.6 is 11.6 Å². The number of carbonyl (C=O) groups excluding carboxylic acids is 1. The fourth-order valence-electron chi connectivity index (χ4n) is 3.09. The molecule has 0 radical (unpaired) electrons. The van der Waals surface area contributed by atoms with Crippen LogP contribution in [0.2, 0.25) is 5.02 Å².